The molecule has 1 heterocycles. The molecule has 6 nitrogen and oxygen atoms in total. The summed E-state index contributed by atoms with van der Waals surface area (Å²) in [6.45, 7) is 5.02. The van der Waals surface area contributed by atoms with Crippen LogP contribution >= 0.6 is 0 Å². The second-order valence-electron chi connectivity index (χ2n) is 6.71. The van der Waals surface area contributed by atoms with Crippen molar-refractivity contribution in [1.82, 2.24) is 4.90 Å². The van der Waals surface area contributed by atoms with Crippen LogP contribution in [0.2, 0.25) is 0 Å². The average Bonchev–Trinajstić information content (AvgIpc) is 2.76. The highest BCUT2D eigenvalue weighted by Gasteiger charge is 2.55. The van der Waals surface area contributed by atoms with Crippen molar-refractivity contribution in [2.24, 2.45) is 0 Å². The number of carboxylic acid groups (broad SMARTS) is 1. The number of carbonyl (C=O) groups excluding carboxylic acids is 2. The van der Waals surface area contributed by atoms with Crippen molar-refractivity contribution in [3.63, 3.8) is 0 Å². The molecular formula is C17H21NO5. The third-order valence-electron chi connectivity index (χ3n) is 3.74. The molecule has 1 fully saturated rings. The van der Waals surface area contributed by atoms with E-state index in [0.717, 1.165) is 10.5 Å². The Hall–Kier alpha value is -2.37. The highest BCUT2D eigenvalue weighted by atomic mass is 16.6. The van der Waals surface area contributed by atoms with E-state index in [4.69, 9.17) is 4.74 Å². The molecule has 1 aromatic rings. The molecule has 0 radical (unpaired) electrons. The molecule has 0 unspecified atom stereocenters. The van der Waals surface area contributed by atoms with Gasteiger partial charge in [-0.1, -0.05) is 30.3 Å². The lowest BCUT2D eigenvalue weighted by Crippen LogP contribution is -2.57. The quantitative estimate of drug-likeness (QED) is 0.926. The van der Waals surface area contributed by atoms with Crippen LogP contribution in [0.15, 0.2) is 30.3 Å². The van der Waals surface area contributed by atoms with Crippen LogP contribution in [-0.2, 0) is 20.7 Å². The summed E-state index contributed by atoms with van der Waals surface area (Å²) in [7, 11) is 0. The number of hydrogen-bond acceptors (Lipinski definition) is 4. The predicted octanol–water partition coefficient (Wildman–Crippen LogP) is 2.61. The van der Waals surface area contributed by atoms with E-state index in [1.54, 1.807) is 45.0 Å². The van der Waals surface area contributed by atoms with Gasteiger partial charge in [0.25, 0.3) is 0 Å². The SMILES string of the molecule is CC(C)(C)OC(=O)N1C(=O)CC[C@]1(Cc1ccccc1)C(=O)O. The summed E-state index contributed by atoms with van der Waals surface area (Å²) >= 11 is 0. The van der Waals surface area contributed by atoms with Crippen LogP contribution in [0.4, 0.5) is 4.79 Å². The van der Waals surface area contributed by atoms with Crippen molar-refractivity contribution in [2.75, 3.05) is 0 Å². The number of amides is 2. The molecule has 0 saturated carbocycles. The van der Waals surface area contributed by atoms with Gasteiger partial charge < -0.3 is 9.84 Å². The molecule has 6 heteroatoms. The van der Waals surface area contributed by atoms with Gasteiger partial charge in [-0.2, -0.15) is 0 Å². The van der Waals surface area contributed by atoms with E-state index in [9.17, 15) is 19.5 Å². The first-order valence-electron chi connectivity index (χ1n) is 7.49. The van der Waals surface area contributed by atoms with E-state index >= 15 is 0 Å². The number of carbonyl (C=O) groups is 3. The van der Waals surface area contributed by atoms with E-state index in [0.29, 0.717) is 0 Å². The molecular weight excluding hydrogens is 298 g/mol. The number of benzene rings is 1. The zero-order valence-corrected chi connectivity index (χ0v) is 13.5. The van der Waals surface area contributed by atoms with Gasteiger partial charge in [0, 0.05) is 12.8 Å². The van der Waals surface area contributed by atoms with E-state index in [1.807, 2.05) is 6.07 Å². The summed E-state index contributed by atoms with van der Waals surface area (Å²) in [5.74, 6) is -1.71. The van der Waals surface area contributed by atoms with Crippen molar-refractivity contribution in [2.45, 2.75) is 51.2 Å². The monoisotopic (exact) mass is 319 g/mol. The largest absolute Gasteiger partial charge is 0.479 e. The number of rotatable bonds is 3. The maximum atomic E-state index is 12.4. The summed E-state index contributed by atoms with van der Waals surface area (Å²) in [6, 6.07) is 8.96. The molecule has 2 amide bonds. The van der Waals surface area contributed by atoms with Gasteiger partial charge in [-0.25, -0.2) is 14.5 Å². The van der Waals surface area contributed by atoms with Gasteiger partial charge in [-0.3, -0.25) is 4.79 Å². The van der Waals surface area contributed by atoms with Gasteiger partial charge in [-0.05, 0) is 32.8 Å². The Kier molecular flexibility index (Phi) is 4.45. The molecule has 1 aliphatic rings. The molecule has 0 bridgehead atoms. The van der Waals surface area contributed by atoms with Crippen molar-refractivity contribution < 1.29 is 24.2 Å². The standard InChI is InChI=1S/C17H21NO5/c1-16(2,3)23-15(22)18-13(19)9-10-17(18,14(20)21)11-12-7-5-4-6-8-12/h4-8H,9-11H2,1-3H3,(H,20,21)/t17-/m0/s1. The third-order valence-corrected chi connectivity index (χ3v) is 3.74. The van der Waals surface area contributed by atoms with Crippen LogP contribution in [0, 0.1) is 0 Å². The van der Waals surface area contributed by atoms with Crippen molar-refractivity contribution >= 4 is 18.0 Å². The van der Waals surface area contributed by atoms with E-state index < -0.39 is 29.1 Å². The number of nitrogens with zero attached hydrogens (tertiary/aromatic N) is 1. The minimum Gasteiger partial charge on any atom is -0.479 e. The summed E-state index contributed by atoms with van der Waals surface area (Å²) in [6.07, 6.45) is -0.750. The summed E-state index contributed by atoms with van der Waals surface area (Å²) in [4.78, 5) is 37.3. The first kappa shape index (κ1) is 17.0. The van der Waals surface area contributed by atoms with Crippen LogP contribution in [0.25, 0.3) is 0 Å². The van der Waals surface area contributed by atoms with Gasteiger partial charge >= 0.3 is 12.1 Å². The van der Waals surface area contributed by atoms with E-state index in [-0.39, 0.29) is 19.3 Å². The Bertz CT molecular complexity index is 620. The molecule has 0 spiro atoms. The Morgan fingerprint density at radius 1 is 1.26 bits per heavy atom. The van der Waals surface area contributed by atoms with E-state index in [1.165, 1.54) is 0 Å². The smallest absolute Gasteiger partial charge is 0.418 e. The Labute approximate surface area is 135 Å². The van der Waals surface area contributed by atoms with Crippen LogP contribution in [0.5, 0.6) is 0 Å². The fourth-order valence-electron chi connectivity index (χ4n) is 2.74. The number of likely N-dealkylation sites (tertiary alicyclic amines) is 1. The van der Waals surface area contributed by atoms with Crippen LogP contribution in [0.1, 0.15) is 39.2 Å². The highest BCUT2D eigenvalue weighted by Crippen LogP contribution is 2.35. The molecule has 0 aliphatic carbocycles. The van der Waals surface area contributed by atoms with E-state index in [2.05, 4.69) is 0 Å². The van der Waals surface area contributed by atoms with Crippen LogP contribution < -0.4 is 0 Å². The molecule has 1 saturated heterocycles. The molecule has 2 rings (SSSR count). The molecule has 0 aromatic heterocycles. The molecule has 1 atom stereocenters. The molecule has 1 N–H and O–H groups in total. The third kappa shape index (κ3) is 3.52. The van der Waals surface area contributed by atoms with Gasteiger partial charge in [-0.15, -0.1) is 0 Å². The zero-order valence-electron chi connectivity index (χ0n) is 13.5. The Morgan fingerprint density at radius 2 is 1.87 bits per heavy atom. The summed E-state index contributed by atoms with van der Waals surface area (Å²) < 4.78 is 5.24. The Morgan fingerprint density at radius 3 is 2.39 bits per heavy atom. The minimum atomic E-state index is -1.60. The minimum absolute atomic E-state index is 0.0123. The molecule has 1 aliphatic heterocycles. The number of carboxylic acids is 1. The summed E-state index contributed by atoms with van der Waals surface area (Å²) in [5.41, 5.74) is -1.66. The fourth-order valence-corrected chi connectivity index (χ4v) is 2.74. The molecule has 1 aromatic carbocycles. The predicted molar refractivity (Wildman–Crippen MR) is 82.8 cm³/mol. The maximum absolute atomic E-state index is 12.4. The lowest BCUT2D eigenvalue weighted by Gasteiger charge is -2.34. The zero-order chi connectivity index (χ0) is 17.3. The lowest BCUT2D eigenvalue weighted by molar-refractivity contribution is -0.153. The number of ether oxygens (including phenoxy) is 1. The molecule has 23 heavy (non-hydrogen) atoms. The second-order valence-corrected chi connectivity index (χ2v) is 6.71. The first-order chi connectivity index (χ1) is 10.7. The van der Waals surface area contributed by atoms with Gasteiger partial charge in [0.15, 0.2) is 5.54 Å². The Balaban J connectivity index is 2.38. The normalized spacial score (nSPS) is 21.3. The number of imide groups is 1. The first-order valence-corrected chi connectivity index (χ1v) is 7.49. The number of hydrogen-bond donors (Lipinski definition) is 1. The van der Waals surface area contributed by atoms with Crippen molar-refractivity contribution in [3.05, 3.63) is 35.9 Å². The van der Waals surface area contributed by atoms with Gasteiger partial charge in [0.05, 0.1) is 0 Å². The van der Waals surface area contributed by atoms with Gasteiger partial charge in [0.2, 0.25) is 5.91 Å². The fraction of sp³-hybridized carbons (Fsp3) is 0.471. The molecule has 124 valence electrons. The van der Waals surface area contributed by atoms with Crippen LogP contribution in [-0.4, -0.2) is 39.1 Å². The van der Waals surface area contributed by atoms with Crippen molar-refractivity contribution in [3.8, 4) is 0 Å². The number of aliphatic carboxylic acids is 1. The van der Waals surface area contributed by atoms with Crippen LogP contribution in [0.3, 0.4) is 0 Å². The topological polar surface area (TPSA) is 83.9 Å². The maximum Gasteiger partial charge on any atom is 0.418 e. The van der Waals surface area contributed by atoms with Crippen molar-refractivity contribution in [1.29, 1.82) is 0 Å². The van der Waals surface area contributed by atoms with Gasteiger partial charge in [0.1, 0.15) is 5.60 Å². The average molecular weight is 319 g/mol. The summed E-state index contributed by atoms with van der Waals surface area (Å²) in [5, 5.41) is 9.76. The highest BCUT2D eigenvalue weighted by molar-refractivity contribution is 6.01. The lowest BCUT2D eigenvalue weighted by atomic mass is 9.88. The second kappa shape index (κ2) is 6.02.